The molecule has 0 saturated heterocycles. The number of ether oxygens (including phenoxy) is 2. The minimum absolute atomic E-state index is 0.264. The van der Waals surface area contributed by atoms with Crippen molar-refractivity contribution < 1.29 is 19.4 Å². The molecule has 4 heteroatoms. The Bertz CT molecular complexity index is 524. The summed E-state index contributed by atoms with van der Waals surface area (Å²) < 4.78 is 10.4. The van der Waals surface area contributed by atoms with Crippen molar-refractivity contribution in [3.05, 3.63) is 60.7 Å². The van der Waals surface area contributed by atoms with Gasteiger partial charge in [0.1, 0.15) is 0 Å². The highest BCUT2D eigenvalue weighted by atomic mass is 16.5. The molecule has 1 N–H and O–H groups in total. The lowest BCUT2D eigenvalue weighted by Gasteiger charge is -2.27. The first kappa shape index (κ1) is 20.1. The van der Waals surface area contributed by atoms with Crippen LogP contribution in [0.2, 0.25) is 0 Å². The maximum atomic E-state index is 11.3. The van der Waals surface area contributed by atoms with Gasteiger partial charge in [-0.15, -0.1) is 6.58 Å². The Morgan fingerprint density at radius 2 is 2.08 bits per heavy atom. The number of hydrogen-bond acceptors (Lipinski definition) is 4. The Balaban J connectivity index is 2.38. The van der Waals surface area contributed by atoms with Gasteiger partial charge in [-0.2, -0.15) is 0 Å². The van der Waals surface area contributed by atoms with Crippen molar-refractivity contribution in [3.63, 3.8) is 0 Å². The van der Waals surface area contributed by atoms with Gasteiger partial charge >= 0.3 is 5.97 Å². The summed E-state index contributed by atoms with van der Waals surface area (Å²) in [4.78, 5) is 11.3. The zero-order valence-electron chi connectivity index (χ0n) is 14.6. The fraction of sp³-hybridized carbons (Fsp3) is 0.450. The number of rotatable bonds is 11. The second-order valence-corrected chi connectivity index (χ2v) is 6.08. The summed E-state index contributed by atoms with van der Waals surface area (Å²) in [5, 5.41) is 10.2. The van der Waals surface area contributed by atoms with Gasteiger partial charge in [0.2, 0.25) is 0 Å². The van der Waals surface area contributed by atoms with Crippen molar-refractivity contribution in [1.29, 1.82) is 0 Å². The maximum Gasteiger partial charge on any atom is 0.330 e. The zero-order valence-corrected chi connectivity index (χ0v) is 14.6. The molecule has 0 amide bonds. The summed E-state index contributed by atoms with van der Waals surface area (Å²) >= 11 is 0. The van der Waals surface area contributed by atoms with Gasteiger partial charge in [0.15, 0.2) is 0 Å². The van der Waals surface area contributed by atoms with Crippen LogP contribution in [0.25, 0.3) is 0 Å². The number of hydrogen-bond donors (Lipinski definition) is 1. The molecule has 132 valence electrons. The Morgan fingerprint density at radius 3 is 2.71 bits per heavy atom. The number of allylic oxidation sites excluding steroid dienone is 2. The Labute approximate surface area is 144 Å². The van der Waals surface area contributed by atoms with Crippen molar-refractivity contribution >= 4 is 5.97 Å². The third kappa shape index (κ3) is 8.09. The Kier molecular flexibility index (Phi) is 9.05. The SMILES string of the molecule is C=C[C@](C)(CC=CC(=O)OCC)CC(O)COCc1ccccc1. The molecular formula is C20H28O4. The molecule has 0 aliphatic carbocycles. The third-order valence-electron chi connectivity index (χ3n) is 3.74. The number of aliphatic hydroxyl groups excluding tert-OH is 1. The van der Waals surface area contributed by atoms with E-state index in [0.717, 1.165) is 5.56 Å². The highest BCUT2D eigenvalue weighted by molar-refractivity contribution is 5.81. The average Bonchev–Trinajstić information content (AvgIpc) is 2.56. The number of carbonyl (C=O) groups is 1. The lowest BCUT2D eigenvalue weighted by molar-refractivity contribution is -0.137. The summed E-state index contributed by atoms with van der Waals surface area (Å²) in [6, 6.07) is 9.85. The van der Waals surface area contributed by atoms with Gasteiger partial charge in [0, 0.05) is 6.08 Å². The summed E-state index contributed by atoms with van der Waals surface area (Å²) in [5.41, 5.74) is 0.770. The van der Waals surface area contributed by atoms with Crippen molar-refractivity contribution in [1.82, 2.24) is 0 Å². The summed E-state index contributed by atoms with van der Waals surface area (Å²) in [6.45, 7) is 8.71. The van der Waals surface area contributed by atoms with Crippen LogP contribution in [0.1, 0.15) is 32.3 Å². The van der Waals surface area contributed by atoms with Gasteiger partial charge in [-0.05, 0) is 30.7 Å². The predicted molar refractivity (Wildman–Crippen MR) is 95.4 cm³/mol. The van der Waals surface area contributed by atoms with E-state index in [1.54, 1.807) is 13.0 Å². The smallest absolute Gasteiger partial charge is 0.330 e. The van der Waals surface area contributed by atoms with E-state index in [-0.39, 0.29) is 18.0 Å². The maximum absolute atomic E-state index is 11.3. The molecule has 1 rings (SSSR count). The van der Waals surface area contributed by atoms with Gasteiger partial charge < -0.3 is 14.6 Å². The molecule has 0 aliphatic heterocycles. The van der Waals surface area contributed by atoms with Gasteiger partial charge in [-0.1, -0.05) is 49.4 Å². The standard InChI is InChI=1S/C20H28O4/c1-4-20(3,13-9-12-19(22)24-5-2)14-18(21)16-23-15-17-10-7-6-8-11-17/h4,6-12,18,21H,1,5,13-16H2,2-3H3/t18?,20-/m1/s1. The van der Waals surface area contributed by atoms with Gasteiger partial charge in [0.05, 0.1) is 25.9 Å². The topological polar surface area (TPSA) is 55.8 Å². The molecular weight excluding hydrogens is 304 g/mol. The van der Waals surface area contributed by atoms with Gasteiger partial charge in [-0.25, -0.2) is 4.79 Å². The van der Waals surface area contributed by atoms with Crippen molar-refractivity contribution in [2.24, 2.45) is 5.41 Å². The number of aliphatic hydroxyl groups is 1. The quantitative estimate of drug-likeness (QED) is 0.382. The largest absolute Gasteiger partial charge is 0.463 e. The monoisotopic (exact) mass is 332 g/mol. The number of esters is 1. The minimum Gasteiger partial charge on any atom is -0.463 e. The zero-order chi connectivity index (χ0) is 17.8. The van der Waals surface area contributed by atoms with E-state index in [9.17, 15) is 9.90 Å². The third-order valence-corrected chi connectivity index (χ3v) is 3.74. The molecule has 0 spiro atoms. The summed E-state index contributed by atoms with van der Waals surface area (Å²) in [5.74, 6) is -0.351. The molecule has 0 aromatic heterocycles. The summed E-state index contributed by atoms with van der Waals surface area (Å²) in [6.07, 6.45) is 5.51. The first-order valence-corrected chi connectivity index (χ1v) is 8.25. The van der Waals surface area contributed by atoms with E-state index in [4.69, 9.17) is 9.47 Å². The van der Waals surface area contributed by atoms with Crippen LogP contribution < -0.4 is 0 Å². The first-order chi connectivity index (χ1) is 11.5. The van der Waals surface area contributed by atoms with Crippen molar-refractivity contribution in [2.75, 3.05) is 13.2 Å². The van der Waals surface area contributed by atoms with E-state index >= 15 is 0 Å². The molecule has 2 atom stereocenters. The fourth-order valence-electron chi connectivity index (χ4n) is 2.35. The Morgan fingerprint density at radius 1 is 1.38 bits per heavy atom. The minimum atomic E-state index is -0.590. The van der Waals surface area contributed by atoms with Crippen LogP contribution >= 0.6 is 0 Å². The van der Waals surface area contributed by atoms with E-state index in [1.165, 1.54) is 6.08 Å². The van der Waals surface area contributed by atoms with E-state index < -0.39 is 6.10 Å². The summed E-state index contributed by atoms with van der Waals surface area (Å²) in [7, 11) is 0. The second-order valence-electron chi connectivity index (χ2n) is 6.08. The molecule has 0 bridgehead atoms. The van der Waals surface area contributed by atoms with Crippen LogP contribution in [-0.2, 0) is 20.9 Å². The normalized spacial score (nSPS) is 15.0. The van der Waals surface area contributed by atoms with Gasteiger partial charge in [0.25, 0.3) is 0 Å². The van der Waals surface area contributed by atoms with Crippen LogP contribution in [0.5, 0.6) is 0 Å². The first-order valence-electron chi connectivity index (χ1n) is 8.25. The molecule has 24 heavy (non-hydrogen) atoms. The van der Waals surface area contributed by atoms with Crippen LogP contribution in [0.4, 0.5) is 0 Å². The highest BCUT2D eigenvalue weighted by Gasteiger charge is 2.23. The molecule has 1 aromatic carbocycles. The van der Waals surface area contributed by atoms with Crippen LogP contribution in [0.3, 0.4) is 0 Å². The molecule has 0 saturated carbocycles. The van der Waals surface area contributed by atoms with Crippen molar-refractivity contribution in [3.8, 4) is 0 Å². The number of benzene rings is 1. The van der Waals surface area contributed by atoms with Gasteiger partial charge in [-0.3, -0.25) is 0 Å². The molecule has 1 aromatic rings. The van der Waals surface area contributed by atoms with Crippen molar-refractivity contribution in [2.45, 2.75) is 39.4 Å². The molecule has 0 fully saturated rings. The molecule has 0 radical (unpaired) electrons. The fourth-order valence-corrected chi connectivity index (χ4v) is 2.35. The molecule has 0 heterocycles. The second kappa shape index (κ2) is 10.8. The van der Waals surface area contributed by atoms with E-state index in [1.807, 2.05) is 43.3 Å². The predicted octanol–water partition coefficient (Wildman–Crippen LogP) is 3.66. The van der Waals surface area contributed by atoms with Crippen LogP contribution in [-0.4, -0.2) is 30.4 Å². The Hall–Kier alpha value is -1.91. The average molecular weight is 332 g/mol. The van der Waals surface area contributed by atoms with E-state index in [0.29, 0.717) is 26.1 Å². The van der Waals surface area contributed by atoms with Crippen LogP contribution in [0.15, 0.2) is 55.1 Å². The molecule has 4 nitrogen and oxygen atoms in total. The molecule has 0 aliphatic rings. The lowest BCUT2D eigenvalue weighted by Crippen LogP contribution is -2.25. The van der Waals surface area contributed by atoms with Crippen LogP contribution in [0, 0.1) is 5.41 Å². The van der Waals surface area contributed by atoms with E-state index in [2.05, 4.69) is 6.58 Å². The highest BCUT2D eigenvalue weighted by Crippen LogP contribution is 2.29. The number of carbonyl (C=O) groups excluding carboxylic acids is 1. The lowest BCUT2D eigenvalue weighted by atomic mass is 9.81. The molecule has 1 unspecified atom stereocenters.